The van der Waals surface area contributed by atoms with Crippen LogP contribution < -0.4 is 20.3 Å². The van der Waals surface area contributed by atoms with E-state index in [-0.39, 0.29) is 30.4 Å². The lowest BCUT2D eigenvalue weighted by atomic mass is 9.93. The average molecular weight is 506 g/mol. The van der Waals surface area contributed by atoms with E-state index in [1.165, 1.54) is 29.8 Å². The van der Waals surface area contributed by atoms with Gasteiger partial charge in [-0.15, -0.1) is 0 Å². The van der Waals surface area contributed by atoms with Crippen LogP contribution in [0.5, 0.6) is 5.75 Å². The van der Waals surface area contributed by atoms with Crippen molar-refractivity contribution in [3.63, 3.8) is 0 Å². The highest BCUT2D eigenvalue weighted by atomic mass is 16.5. The van der Waals surface area contributed by atoms with Gasteiger partial charge in [0.2, 0.25) is 11.8 Å². The highest BCUT2D eigenvalue weighted by Crippen LogP contribution is 2.34. The summed E-state index contributed by atoms with van der Waals surface area (Å²) in [5.41, 5.74) is 0.194. The maximum absolute atomic E-state index is 13.9. The standard InChI is InChI=1S/C26H27N5O6/c1-16(32)29-18-9-11-19(12-10-18)31-23(33)22-21(24(34)37-4)28-15-30(22)14-26(31,2)25(35)27-13-17-7-5-6-8-20(17)36-3/h5-12,15H,13-14H2,1-4H3,(H,27,35)(H,29,32). The Bertz CT molecular complexity index is 1370. The minimum atomic E-state index is -1.39. The number of fused-ring (bicyclic) bond motifs is 1. The summed E-state index contributed by atoms with van der Waals surface area (Å²) in [6.07, 6.45) is 1.35. The fourth-order valence-electron chi connectivity index (χ4n) is 4.39. The number of imidazole rings is 1. The van der Waals surface area contributed by atoms with Crippen LogP contribution >= 0.6 is 0 Å². The van der Waals surface area contributed by atoms with Gasteiger partial charge in [-0.25, -0.2) is 9.78 Å². The number of nitrogens with one attached hydrogen (secondary N) is 2. The van der Waals surface area contributed by atoms with Gasteiger partial charge in [0, 0.05) is 30.4 Å². The highest BCUT2D eigenvalue weighted by molar-refractivity contribution is 6.15. The summed E-state index contributed by atoms with van der Waals surface area (Å²) in [6.45, 7) is 3.24. The van der Waals surface area contributed by atoms with Crippen molar-refractivity contribution in [1.29, 1.82) is 0 Å². The fraction of sp³-hybridized carbons (Fsp3) is 0.269. The lowest BCUT2D eigenvalue weighted by Crippen LogP contribution is -2.64. The number of methoxy groups -OCH3 is 2. The Kier molecular flexibility index (Phi) is 6.96. The predicted octanol–water partition coefficient (Wildman–Crippen LogP) is 2.37. The minimum Gasteiger partial charge on any atom is -0.496 e. The fourth-order valence-corrected chi connectivity index (χ4v) is 4.39. The van der Waals surface area contributed by atoms with Gasteiger partial charge in [-0.3, -0.25) is 19.3 Å². The maximum Gasteiger partial charge on any atom is 0.359 e. The molecule has 1 aliphatic heterocycles. The number of amides is 3. The van der Waals surface area contributed by atoms with Gasteiger partial charge in [-0.2, -0.15) is 0 Å². The Labute approximate surface area is 213 Å². The Hall–Kier alpha value is -4.67. The van der Waals surface area contributed by atoms with Crippen LogP contribution in [-0.4, -0.2) is 53.0 Å². The highest BCUT2D eigenvalue weighted by Gasteiger charge is 2.49. The van der Waals surface area contributed by atoms with E-state index in [2.05, 4.69) is 15.6 Å². The number of ether oxygens (including phenoxy) is 2. The van der Waals surface area contributed by atoms with Crippen molar-refractivity contribution in [1.82, 2.24) is 14.9 Å². The maximum atomic E-state index is 13.9. The zero-order chi connectivity index (χ0) is 26.7. The van der Waals surface area contributed by atoms with E-state index in [0.717, 1.165) is 5.56 Å². The summed E-state index contributed by atoms with van der Waals surface area (Å²) in [5, 5.41) is 5.59. The van der Waals surface area contributed by atoms with Crippen LogP contribution in [0.25, 0.3) is 0 Å². The molecule has 0 saturated carbocycles. The molecule has 2 heterocycles. The molecule has 3 amide bonds. The van der Waals surface area contributed by atoms with Crippen LogP contribution in [0.3, 0.4) is 0 Å². The van der Waals surface area contributed by atoms with E-state index in [1.54, 1.807) is 44.4 Å². The van der Waals surface area contributed by atoms with Gasteiger partial charge in [0.05, 0.1) is 27.1 Å². The Morgan fingerprint density at radius 2 is 1.78 bits per heavy atom. The summed E-state index contributed by atoms with van der Waals surface area (Å²) in [6, 6.07) is 13.8. The molecular formula is C26H27N5O6. The third kappa shape index (κ3) is 4.75. The number of aromatic nitrogens is 2. The summed E-state index contributed by atoms with van der Waals surface area (Å²) in [7, 11) is 2.75. The van der Waals surface area contributed by atoms with E-state index in [4.69, 9.17) is 9.47 Å². The molecule has 2 aromatic carbocycles. The second kappa shape index (κ2) is 10.1. The summed E-state index contributed by atoms with van der Waals surface area (Å²) >= 11 is 0. The molecular weight excluding hydrogens is 478 g/mol. The first-order valence-corrected chi connectivity index (χ1v) is 11.5. The zero-order valence-corrected chi connectivity index (χ0v) is 20.9. The lowest BCUT2D eigenvalue weighted by molar-refractivity contribution is -0.126. The minimum absolute atomic E-state index is 0.0211. The first-order valence-electron chi connectivity index (χ1n) is 11.5. The molecule has 0 bridgehead atoms. The number of carbonyl (C=O) groups excluding carboxylic acids is 4. The molecule has 0 aliphatic carbocycles. The smallest absolute Gasteiger partial charge is 0.359 e. The number of benzene rings is 2. The number of hydrogen-bond donors (Lipinski definition) is 2. The van der Waals surface area contributed by atoms with E-state index in [0.29, 0.717) is 17.1 Å². The topological polar surface area (TPSA) is 132 Å². The molecule has 0 spiro atoms. The monoisotopic (exact) mass is 505 g/mol. The molecule has 11 heteroatoms. The Balaban J connectivity index is 1.74. The molecule has 0 radical (unpaired) electrons. The van der Waals surface area contributed by atoms with E-state index >= 15 is 0 Å². The lowest BCUT2D eigenvalue weighted by Gasteiger charge is -2.43. The molecule has 0 fully saturated rings. The molecule has 11 nitrogen and oxygen atoms in total. The number of anilines is 2. The molecule has 1 unspecified atom stereocenters. The van der Waals surface area contributed by atoms with Crippen molar-refractivity contribution in [2.45, 2.75) is 32.5 Å². The van der Waals surface area contributed by atoms with Gasteiger partial charge < -0.3 is 24.7 Å². The van der Waals surface area contributed by atoms with E-state index < -0.39 is 23.3 Å². The number of nitrogens with zero attached hydrogens (tertiary/aromatic N) is 3. The second-order valence-electron chi connectivity index (χ2n) is 8.70. The molecule has 1 aliphatic rings. The van der Waals surface area contributed by atoms with Crippen molar-refractivity contribution >= 4 is 35.1 Å². The van der Waals surface area contributed by atoms with Gasteiger partial charge in [-0.05, 0) is 37.3 Å². The van der Waals surface area contributed by atoms with Crippen molar-refractivity contribution < 1.29 is 28.7 Å². The Morgan fingerprint density at radius 1 is 1.08 bits per heavy atom. The van der Waals surface area contributed by atoms with Crippen LogP contribution in [0.1, 0.15) is 40.4 Å². The molecule has 192 valence electrons. The number of esters is 1. The third-order valence-electron chi connectivity index (χ3n) is 6.16. The molecule has 2 N–H and O–H groups in total. The van der Waals surface area contributed by atoms with Crippen molar-refractivity contribution in [2.75, 3.05) is 24.4 Å². The molecule has 1 atom stereocenters. The van der Waals surface area contributed by atoms with E-state index in [9.17, 15) is 19.2 Å². The largest absolute Gasteiger partial charge is 0.496 e. The SMILES string of the molecule is COC(=O)c1ncn2c1C(=O)N(c1ccc(NC(C)=O)cc1)C(C)(C(=O)NCc1ccccc1OC)C2. The van der Waals surface area contributed by atoms with Crippen molar-refractivity contribution in [3.8, 4) is 5.75 Å². The van der Waals surface area contributed by atoms with Crippen LogP contribution in [0, 0.1) is 0 Å². The second-order valence-corrected chi connectivity index (χ2v) is 8.70. The first-order chi connectivity index (χ1) is 17.7. The van der Waals surface area contributed by atoms with Crippen LogP contribution in [0.15, 0.2) is 54.9 Å². The van der Waals surface area contributed by atoms with Gasteiger partial charge >= 0.3 is 5.97 Å². The summed E-state index contributed by atoms with van der Waals surface area (Å²) in [5.74, 6) is -1.39. The van der Waals surface area contributed by atoms with Crippen LogP contribution in [0.2, 0.25) is 0 Å². The predicted molar refractivity (Wildman–Crippen MR) is 134 cm³/mol. The number of carbonyl (C=O) groups is 4. The zero-order valence-electron chi connectivity index (χ0n) is 20.9. The number of hydrogen-bond acceptors (Lipinski definition) is 7. The molecule has 3 aromatic rings. The molecule has 1 aromatic heterocycles. The first kappa shape index (κ1) is 25.4. The Morgan fingerprint density at radius 3 is 2.43 bits per heavy atom. The van der Waals surface area contributed by atoms with Gasteiger partial charge in [-0.1, -0.05) is 18.2 Å². The molecule has 0 saturated heterocycles. The molecule has 4 rings (SSSR count). The van der Waals surface area contributed by atoms with Crippen LogP contribution in [-0.2, 0) is 27.4 Å². The third-order valence-corrected chi connectivity index (χ3v) is 6.16. The summed E-state index contributed by atoms with van der Waals surface area (Å²) < 4.78 is 11.7. The van der Waals surface area contributed by atoms with Crippen LogP contribution in [0.4, 0.5) is 11.4 Å². The average Bonchev–Trinajstić information content (AvgIpc) is 3.31. The number of rotatable bonds is 7. The quantitative estimate of drug-likeness (QED) is 0.471. The number of para-hydroxylation sites is 1. The van der Waals surface area contributed by atoms with Gasteiger partial charge in [0.1, 0.15) is 17.0 Å². The summed E-state index contributed by atoms with van der Waals surface area (Å²) in [4.78, 5) is 56.7. The van der Waals surface area contributed by atoms with Crippen molar-refractivity contribution in [3.05, 3.63) is 71.8 Å². The van der Waals surface area contributed by atoms with Gasteiger partial charge in [0.15, 0.2) is 5.69 Å². The van der Waals surface area contributed by atoms with Crippen molar-refractivity contribution in [2.24, 2.45) is 0 Å². The normalized spacial score (nSPS) is 16.5. The van der Waals surface area contributed by atoms with E-state index in [1.807, 2.05) is 18.2 Å². The molecule has 37 heavy (non-hydrogen) atoms. The van der Waals surface area contributed by atoms with Gasteiger partial charge in [0.25, 0.3) is 5.91 Å².